The predicted molar refractivity (Wildman–Crippen MR) is 76.0 cm³/mol. The van der Waals surface area contributed by atoms with E-state index in [1.54, 1.807) is 31.4 Å². The molecule has 1 aromatic rings. The molecule has 5 nitrogen and oxygen atoms in total. The number of ether oxygens (including phenoxy) is 1. The minimum absolute atomic E-state index is 0.106. The van der Waals surface area contributed by atoms with Crippen LogP contribution < -0.4 is 10.1 Å². The number of hydrogen-bond acceptors (Lipinski definition) is 3. The van der Waals surface area contributed by atoms with E-state index in [2.05, 4.69) is 5.32 Å². The first-order chi connectivity index (χ1) is 9.24. The summed E-state index contributed by atoms with van der Waals surface area (Å²) in [5.41, 5.74) is 0.144. The van der Waals surface area contributed by atoms with Crippen molar-refractivity contribution < 1.29 is 19.4 Å². The molecule has 0 saturated carbocycles. The molecule has 0 fully saturated rings. The minimum Gasteiger partial charge on any atom is -0.497 e. The van der Waals surface area contributed by atoms with Gasteiger partial charge in [-0.1, -0.05) is 20.8 Å². The molecular weight excluding hydrogens is 258 g/mol. The highest BCUT2D eigenvalue weighted by molar-refractivity contribution is 5.94. The molecule has 0 aliphatic rings. The van der Waals surface area contributed by atoms with Gasteiger partial charge in [-0.25, -0.2) is 0 Å². The number of methoxy groups -OCH3 is 1. The number of aliphatic carboxylic acids is 1. The van der Waals surface area contributed by atoms with Gasteiger partial charge in [0, 0.05) is 11.6 Å². The van der Waals surface area contributed by atoms with Gasteiger partial charge in [0.2, 0.25) is 0 Å². The quantitative estimate of drug-likeness (QED) is 0.867. The summed E-state index contributed by atoms with van der Waals surface area (Å²) in [6, 6.07) is 6.24. The Labute approximate surface area is 118 Å². The van der Waals surface area contributed by atoms with E-state index in [1.807, 2.05) is 20.8 Å². The molecule has 5 heteroatoms. The van der Waals surface area contributed by atoms with Crippen LogP contribution in [0.25, 0.3) is 0 Å². The van der Waals surface area contributed by atoms with Gasteiger partial charge < -0.3 is 15.2 Å². The molecule has 0 radical (unpaired) electrons. The Kier molecular flexibility index (Phi) is 5.13. The number of amides is 1. The fourth-order valence-corrected chi connectivity index (χ4v) is 1.73. The minimum atomic E-state index is -0.931. The van der Waals surface area contributed by atoms with Gasteiger partial charge in [-0.3, -0.25) is 9.59 Å². The summed E-state index contributed by atoms with van der Waals surface area (Å²) < 4.78 is 5.03. The van der Waals surface area contributed by atoms with Gasteiger partial charge in [0.1, 0.15) is 5.75 Å². The van der Waals surface area contributed by atoms with Gasteiger partial charge in [0.05, 0.1) is 13.5 Å². The van der Waals surface area contributed by atoms with Crippen LogP contribution in [0.3, 0.4) is 0 Å². The molecule has 0 aliphatic carbocycles. The SMILES string of the molecule is COc1ccc(C(=O)NC(CC(=O)O)C(C)(C)C)cc1. The molecule has 1 rings (SSSR count). The van der Waals surface area contributed by atoms with Crippen molar-refractivity contribution >= 4 is 11.9 Å². The van der Waals surface area contributed by atoms with Crippen LogP contribution in [-0.4, -0.2) is 30.1 Å². The van der Waals surface area contributed by atoms with Crippen molar-refractivity contribution in [2.75, 3.05) is 7.11 Å². The van der Waals surface area contributed by atoms with Crippen molar-refractivity contribution in [1.82, 2.24) is 5.32 Å². The summed E-state index contributed by atoms with van der Waals surface area (Å²) in [5, 5.41) is 11.7. The highest BCUT2D eigenvalue weighted by Gasteiger charge is 2.28. The van der Waals surface area contributed by atoms with Gasteiger partial charge in [0.25, 0.3) is 5.91 Å². The summed E-state index contributed by atoms with van der Waals surface area (Å²) in [6.45, 7) is 5.69. The monoisotopic (exact) mass is 279 g/mol. The second-order valence-corrected chi connectivity index (χ2v) is 5.72. The van der Waals surface area contributed by atoms with Crippen LogP contribution in [0.15, 0.2) is 24.3 Å². The van der Waals surface area contributed by atoms with E-state index in [4.69, 9.17) is 9.84 Å². The van der Waals surface area contributed by atoms with E-state index in [-0.39, 0.29) is 17.7 Å². The molecule has 2 N–H and O–H groups in total. The average molecular weight is 279 g/mol. The van der Waals surface area contributed by atoms with Crippen molar-refractivity contribution in [3.8, 4) is 5.75 Å². The average Bonchev–Trinajstić information content (AvgIpc) is 2.36. The Morgan fingerprint density at radius 1 is 1.25 bits per heavy atom. The fourth-order valence-electron chi connectivity index (χ4n) is 1.73. The molecule has 20 heavy (non-hydrogen) atoms. The zero-order valence-corrected chi connectivity index (χ0v) is 12.3. The van der Waals surface area contributed by atoms with Gasteiger partial charge in [-0.15, -0.1) is 0 Å². The number of nitrogens with one attached hydrogen (secondary N) is 1. The lowest BCUT2D eigenvalue weighted by Gasteiger charge is -2.30. The Morgan fingerprint density at radius 2 is 1.80 bits per heavy atom. The molecule has 0 bridgehead atoms. The second-order valence-electron chi connectivity index (χ2n) is 5.72. The molecule has 0 saturated heterocycles. The van der Waals surface area contributed by atoms with Crippen molar-refractivity contribution in [3.63, 3.8) is 0 Å². The van der Waals surface area contributed by atoms with E-state index >= 15 is 0 Å². The third kappa shape index (κ3) is 4.57. The molecule has 1 aromatic carbocycles. The first-order valence-electron chi connectivity index (χ1n) is 6.40. The summed E-state index contributed by atoms with van der Waals surface area (Å²) in [6.07, 6.45) is -0.106. The molecule has 0 spiro atoms. The summed E-state index contributed by atoms with van der Waals surface area (Å²) in [5.74, 6) is -0.548. The number of carboxylic acid groups (broad SMARTS) is 1. The zero-order chi connectivity index (χ0) is 15.3. The van der Waals surface area contributed by atoms with E-state index in [1.165, 1.54) is 0 Å². The van der Waals surface area contributed by atoms with Gasteiger partial charge in [0.15, 0.2) is 0 Å². The highest BCUT2D eigenvalue weighted by atomic mass is 16.5. The van der Waals surface area contributed by atoms with Crippen molar-refractivity contribution in [2.24, 2.45) is 5.41 Å². The fraction of sp³-hybridized carbons (Fsp3) is 0.467. The van der Waals surface area contributed by atoms with Crippen LogP contribution in [0.4, 0.5) is 0 Å². The third-order valence-corrected chi connectivity index (χ3v) is 3.08. The topological polar surface area (TPSA) is 75.6 Å². The van der Waals surface area contributed by atoms with E-state index < -0.39 is 12.0 Å². The Hall–Kier alpha value is -2.04. The number of hydrogen-bond donors (Lipinski definition) is 2. The molecule has 0 heterocycles. The van der Waals surface area contributed by atoms with Crippen molar-refractivity contribution in [1.29, 1.82) is 0 Å². The van der Waals surface area contributed by atoms with Crippen LogP contribution in [0, 0.1) is 5.41 Å². The molecule has 1 unspecified atom stereocenters. The number of carboxylic acids is 1. The lowest BCUT2D eigenvalue weighted by atomic mass is 9.84. The van der Waals surface area contributed by atoms with E-state index in [9.17, 15) is 9.59 Å². The van der Waals surface area contributed by atoms with Crippen LogP contribution >= 0.6 is 0 Å². The van der Waals surface area contributed by atoms with Crippen molar-refractivity contribution in [3.05, 3.63) is 29.8 Å². The van der Waals surface area contributed by atoms with Gasteiger partial charge in [-0.05, 0) is 29.7 Å². The maximum Gasteiger partial charge on any atom is 0.305 e. The third-order valence-electron chi connectivity index (χ3n) is 3.08. The van der Waals surface area contributed by atoms with Crippen LogP contribution in [0.2, 0.25) is 0 Å². The normalized spacial score (nSPS) is 12.6. The van der Waals surface area contributed by atoms with Gasteiger partial charge in [-0.2, -0.15) is 0 Å². The molecular formula is C15H21NO4. The Balaban J connectivity index is 2.81. The summed E-state index contributed by atoms with van der Waals surface area (Å²) in [7, 11) is 1.55. The number of benzene rings is 1. The first-order valence-corrected chi connectivity index (χ1v) is 6.40. The van der Waals surface area contributed by atoms with Crippen molar-refractivity contribution in [2.45, 2.75) is 33.2 Å². The zero-order valence-electron chi connectivity index (χ0n) is 12.3. The highest BCUT2D eigenvalue weighted by Crippen LogP contribution is 2.22. The lowest BCUT2D eigenvalue weighted by molar-refractivity contribution is -0.138. The van der Waals surface area contributed by atoms with Crippen LogP contribution in [0.5, 0.6) is 5.75 Å². The largest absolute Gasteiger partial charge is 0.497 e. The molecule has 0 aromatic heterocycles. The summed E-state index contributed by atoms with van der Waals surface area (Å²) in [4.78, 5) is 23.0. The maximum absolute atomic E-state index is 12.1. The predicted octanol–water partition coefficient (Wildman–Crippen LogP) is 2.31. The summed E-state index contributed by atoms with van der Waals surface area (Å²) >= 11 is 0. The van der Waals surface area contributed by atoms with Gasteiger partial charge >= 0.3 is 5.97 Å². The maximum atomic E-state index is 12.1. The molecule has 1 atom stereocenters. The molecule has 110 valence electrons. The molecule has 1 amide bonds. The Morgan fingerprint density at radius 3 is 2.20 bits per heavy atom. The lowest BCUT2D eigenvalue weighted by Crippen LogP contribution is -2.45. The van der Waals surface area contributed by atoms with Crippen LogP contribution in [-0.2, 0) is 4.79 Å². The number of carbonyl (C=O) groups is 2. The van der Waals surface area contributed by atoms with E-state index in [0.29, 0.717) is 11.3 Å². The van der Waals surface area contributed by atoms with Crippen LogP contribution in [0.1, 0.15) is 37.6 Å². The Bertz CT molecular complexity index is 474. The first kappa shape index (κ1) is 16.0. The standard InChI is InChI=1S/C15H21NO4/c1-15(2,3)12(9-13(17)18)16-14(19)10-5-7-11(20-4)8-6-10/h5-8,12H,9H2,1-4H3,(H,16,19)(H,17,18). The number of rotatable bonds is 5. The second kappa shape index (κ2) is 6.41. The smallest absolute Gasteiger partial charge is 0.305 e. The van der Waals surface area contributed by atoms with E-state index in [0.717, 1.165) is 0 Å². The molecule has 0 aliphatic heterocycles. The number of carbonyl (C=O) groups excluding carboxylic acids is 1.